The number of carbonyl (C=O) groups is 1. The summed E-state index contributed by atoms with van der Waals surface area (Å²) in [5, 5.41) is 0. The van der Waals surface area contributed by atoms with Gasteiger partial charge in [0.2, 0.25) is 0 Å². The van der Waals surface area contributed by atoms with Crippen LogP contribution in [0.4, 0.5) is 0 Å². The first-order valence-corrected chi connectivity index (χ1v) is 4.40. The minimum absolute atomic E-state index is 0.581. The van der Waals surface area contributed by atoms with E-state index in [9.17, 15) is 4.79 Å². The second kappa shape index (κ2) is 7.52. The van der Waals surface area contributed by atoms with Crippen molar-refractivity contribution in [2.75, 3.05) is 0 Å². The monoisotopic (exact) mass is 154 g/mol. The lowest BCUT2D eigenvalue weighted by atomic mass is 10.1. The smallest absolute Gasteiger partial charge is 0.123 e. The van der Waals surface area contributed by atoms with E-state index in [1.807, 2.05) is 6.08 Å². The quantitative estimate of drug-likeness (QED) is 0.326. The summed E-state index contributed by atoms with van der Waals surface area (Å²) in [4.78, 5) is 9.99. The number of rotatable bonds is 6. The molecule has 1 nitrogen and oxygen atoms in total. The summed E-state index contributed by atoms with van der Waals surface area (Å²) in [6.07, 6.45) is 8.52. The van der Waals surface area contributed by atoms with E-state index in [4.69, 9.17) is 0 Å². The number of hydrogen-bond donors (Lipinski definition) is 0. The molecule has 0 atom stereocenters. The van der Waals surface area contributed by atoms with Crippen LogP contribution in [-0.4, -0.2) is 6.29 Å². The summed E-state index contributed by atoms with van der Waals surface area (Å²) in [5.74, 6) is 0. The van der Waals surface area contributed by atoms with Gasteiger partial charge in [0.1, 0.15) is 6.29 Å². The standard InChI is InChI=1S/C10H18O/c1-3-4-5-7-10(2)8-6-9-11/h8-9H,3-7H2,1-2H3. The lowest BCUT2D eigenvalue weighted by Gasteiger charge is -1.98. The maximum atomic E-state index is 9.99. The topological polar surface area (TPSA) is 17.1 Å². The van der Waals surface area contributed by atoms with E-state index < -0.39 is 0 Å². The highest BCUT2D eigenvalue weighted by molar-refractivity contribution is 5.52. The van der Waals surface area contributed by atoms with Gasteiger partial charge in [0, 0.05) is 6.42 Å². The van der Waals surface area contributed by atoms with Crippen LogP contribution in [-0.2, 0) is 4.79 Å². The van der Waals surface area contributed by atoms with Gasteiger partial charge in [0.25, 0.3) is 0 Å². The lowest BCUT2D eigenvalue weighted by Crippen LogP contribution is -1.79. The zero-order chi connectivity index (χ0) is 8.53. The van der Waals surface area contributed by atoms with Gasteiger partial charge in [-0.1, -0.05) is 31.4 Å². The van der Waals surface area contributed by atoms with Crippen molar-refractivity contribution in [1.29, 1.82) is 0 Å². The Morgan fingerprint density at radius 3 is 2.64 bits per heavy atom. The Kier molecular flexibility index (Phi) is 7.11. The Morgan fingerprint density at radius 1 is 1.36 bits per heavy atom. The van der Waals surface area contributed by atoms with Crippen molar-refractivity contribution in [1.82, 2.24) is 0 Å². The molecule has 0 N–H and O–H groups in total. The molecule has 11 heavy (non-hydrogen) atoms. The first kappa shape index (κ1) is 10.4. The van der Waals surface area contributed by atoms with Gasteiger partial charge in [-0.25, -0.2) is 0 Å². The van der Waals surface area contributed by atoms with Gasteiger partial charge in [-0.15, -0.1) is 0 Å². The molecule has 0 rings (SSSR count). The van der Waals surface area contributed by atoms with Crippen LogP contribution >= 0.6 is 0 Å². The van der Waals surface area contributed by atoms with Crippen LogP contribution < -0.4 is 0 Å². The molecule has 0 radical (unpaired) electrons. The Labute approximate surface area is 69.5 Å². The Bertz CT molecular complexity index is 125. The SMILES string of the molecule is CCCCCC(C)=CCC=O. The third-order valence-corrected chi connectivity index (χ3v) is 1.74. The minimum atomic E-state index is 0.581. The highest BCUT2D eigenvalue weighted by atomic mass is 16.1. The van der Waals surface area contributed by atoms with E-state index in [1.54, 1.807) is 0 Å². The van der Waals surface area contributed by atoms with E-state index in [2.05, 4.69) is 13.8 Å². The van der Waals surface area contributed by atoms with E-state index in [0.717, 1.165) is 12.7 Å². The first-order chi connectivity index (χ1) is 5.31. The molecule has 64 valence electrons. The molecule has 0 spiro atoms. The summed E-state index contributed by atoms with van der Waals surface area (Å²) in [6.45, 7) is 4.30. The molecule has 0 aromatic rings. The molecule has 0 bridgehead atoms. The fourth-order valence-corrected chi connectivity index (χ4v) is 1.01. The third kappa shape index (κ3) is 7.31. The summed E-state index contributed by atoms with van der Waals surface area (Å²) in [6, 6.07) is 0. The highest BCUT2D eigenvalue weighted by Crippen LogP contribution is 2.07. The van der Waals surface area contributed by atoms with Gasteiger partial charge in [0.15, 0.2) is 0 Å². The summed E-state index contributed by atoms with van der Waals surface area (Å²) < 4.78 is 0. The average Bonchev–Trinajstić information content (AvgIpc) is 2.01. The lowest BCUT2D eigenvalue weighted by molar-refractivity contribution is -0.107. The molecule has 0 fully saturated rings. The molecule has 0 aliphatic carbocycles. The van der Waals surface area contributed by atoms with Gasteiger partial charge in [-0.2, -0.15) is 0 Å². The van der Waals surface area contributed by atoms with Crippen LogP contribution in [0.5, 0.6) is 0 Å². The Balaban J connectivity index is 3.34. The molecule has 0 aromatic carbocycles. The predicted octanol–water partition coefficient (Wildman–Crippen LogP) is 3.10. The van der Waals surface area contributed by atoms with E-state index >= 15 is 0 Å². The van der Waals surface area contributed by atoms with Crippen LogP contribution in [0.15, 0.2) is 11.6 Å². The van der Waals surface area contributed by atoms with Crippen molar-refractivity contribution in [2.45, 2.75) is 46.0 Å². The zero-order valence-corrected chi connectivity index (χ0v) is 7.60. The predicted molar refractivity (Wildman–Crippen MR) is 48.6 cm³/mol. The number of hydrogen-bond acceptors (Lipinski definition) is 1. The molecule has 0 heterocycles. The fraction of sp³-hybridized carbons (Fsp3) is 0.700. The van der Waals surface area contributed by atoms with Gasteiger partial charge in [-0.05, 0) is 19.8 Å². The average molecular weight is 154 g/mol. The van der Waals surface area contributed by atoms with Crippen molar-refractivity contribution < 1.29 is 4.79 Å². The number of allylic oxidation sites excluding steroid dienone is 2. The van der Waals surface area contributed by atoms with Gasteiger partial charge >= 0.3 is 0 Å². The normalized spacial score (nSPS) is 11.6. The second-order valence-corrected chi connectivity index (χ2v) is 2.91. The summed E-state index contributed by atoms with van der Waals surface area (Å²) in [5.41, 5.74) is 1.35. The molecular weight excluding hydrogens is 136 g/mol. The molecule has 0 aromatic heterocycles. The first-order valence-electron chi connectivity index (χ1n) is 4.40. The van der Waals surface area contributed by atoms with Crippen LogP contribution in [0.2, 0.25) is 0 Å². The Hall–Kier alpha value is -0.590. The van der Waals surface area contributed by atoms with Gasteiger partial charge < -0.3 is 4.79 Å². The molecule has 0 saturated heterocycles. The molecule has 1 heteroatoms. The number of unbranched alkanes of at least 4 members (excludes halogenated alkanes) is 2. The number of aldehydes is 1. The van der Waals surface area contributed by atoms with Crippen molar-refractivity contribution >= 4 is 6.29 Å². The van der Waals surface area contributed by atoms with Crippen LogP contribution in [0.25, 0.3) is 0 Å². The second-order valence-electron chi connectivity index (χ2n) is 2.91. The fourth-order valence-electron chi connectivity index (χ4n) is 1.01. The number of carbonyl (C=O) groups excluding carboxylic acids is 1. The molecule has 0 saturated carbocycles. The zero-order valence-electron chi connectivity index (χ0n) is 7.60. The molecule has 0 aliphatic rings. The van der Waals surface area contributed by atoms with E-state index in [0.29, 0.717) is 6.42 Å². The third-order valence-electron chi connectivity index (χ3n) is 1.74. The van der Waals surface area contributed by atoms with Crippen molar-refractivity contribution in [3.8, 4) is 0 Å². The molecule has 0 unspecified atom stereocenters. The summed E-state index contributed by atoms with van der Waals surface area (Å²) >= 11 is 0. The van der Waals surface area contributed by atoms with Gasteiger partial charge in [0.05, 0.1) is 0 Å². The van der Waals surface area contributed by atoms with Crippen LogP contribution in [0, 0.1) is 0 Å². The summed E-state index contributed by atoms with van der Waals surface area (Å²) in [7, 11) is 0. The Morgan fingerprint density at radius 2 is 2.09 bits per heavy atom. The van der Waals surface area contributed by atoms with Crippen LogP contribution in [0.1, 0.15) is 46.0 Å². The highest BCUT2D eigenvalue weighted by Gasteiger charge is 1.88. The molecular formula is C10H18O. The van der Waals surface area contributed by atoms with Crippen molar-refractivity contribution in [3.05, 3.63) is 11.6 Å². The van der Waals surface area contributed by atoms with E-state index in [1.165, 1.54) is 24.8 Å². The minimum Gasteiger partial charge on any atom is -0.303 e. The van der Waals surface area contributed by atoms with Gasteiger partial charge in [-0.3, -0.25) is 0 Å². The molecule has 0 aliphatic heterocycles. The molecule has 0 amide bonds. The maximum Gasteiger partial charge on any atom is 0.123 e. The van der Waals surface area contributed by atoms with E-state index in [-0.39, 0.29) is 0 Å². The van der Waals surface area contributed by atoms with Crippen molar-refractivity contribution in [2.24, 2.45) is 0 Å². The van der Waals surface area contributed by atoms with Crippen LogP contribution in [0.3, 0.4) is 0 Å². The maximum absolute atomic E-state index is 9.99. The van der Waals surface area contributed by atoms with Crippen molar-refractivity contribution in [3.63, 3.8) is 0 Å². The largest absolute Gasteiger partial charge is 0.303 e.